The van der Waals surface area contributed by atoms with Crippen molar-refractivity contribution < 1.29 is 19.4 Å². The number of rotatable bonds is 9. The lowest BCUT2D eigenvalue weighted by molar-refractivity contribution is -0.385. The van der Waals surface area contributed by atoms with Gasteiger partial charge in [-0.2, -0.15) is 0 Å². The third-order valence-corrected chi connectivity index (χ3v) is 3.86. The smallest absolute Gasteiger partial charge is 0.269 e. The molecule has 0 radical (unpaired) electrons. The van der Waals surface area contributed by atoms with Gasteiger partial charge in [0.2, 0.25) is 0 Å². The first kappa shape index (κ1) is 20.5. The zero-order chi connectivity index (χ0) is 20.5. The van der Waals surface area contributed by atoms with Crippen LogP contribution in [0, 0.1) is 20.2 Å². The lowest BCUT2D eigenvalue weighted by Gasteiger charge is -2.07. The molecule has 0 heterocycles. The number of unbranched alkanes of at least 4 members (excludes halogenated alkanes) is 1. The molecule has 0 aromatic heterocycles. The Morgan fingerprint density at radius 2 is 1.00 bits per heavy atom. The van der Waals surface area contributed by atoms with Gasteiger partial charge in [0, 0.05) is 48.5 Å². The van der Waals surface area contributed by atoms with Crippen molar-refractivity contribution in [3.8, 4) is 0 Å². The quantitative estimate of drug-likeness (QED) is 0.385. The molecule has 28 heavy (non-hydrogen) atoms. The normalized spacial score (nSPS) is 10.1. The van der Waals surface area contributed by atoms with Crippen molar-refractivity contribution in [3.05, 3.63) is 79.9 Å². The fraction of sp³-hybridized carbons (Fsp3) is 0.222. The number of benzene rings is 2. The highest BCUT2D eigenvalue weighted by Gasteiger charge is 2.10. The minimum absolute atomic E-state index is 0.0830. The number of amides is 2. The number of nitrogens with zero attached hydrogens (tertiary/aromatic N) is 2. The van der Waals surface area contributed by atoms with E-state index < -0.39 is 9.85 Å². The molecule has 0 aliphatic carbocycles. The van der Waals surface area contributed by atoms with Crippen LogP contribution >= 0.6 is 0 Å². The van der Waals surface area contributed by atoms with Crippen LogP contribution in [0.15, 0.2) is 48.5 Å². The van der Waals surface area contributed by atoms with Gasteiger partial charge >= 0.3 is 0 Å². The summed E-state index contributed by atoms with van der Waals surface area (Å²) in [5.74, 6) is -0.658. The van der Waals surface area contributed by atoms with Crippen LogP contribution < -0.4 is 10.6 Å². The zero-order valence-corrected chi connectivity index (χ0v) is 14.8. The number of non-ortho nitro benzene ring substituents is 2. The van der Waals surface area contributed by atoms with Crippen LogP contribution in [0.4, 0.5) is 11.4 Å². The van der Waals surface area contributed by atoms with E-state index in [2.05, 4.69) is 10.6 Å². The Kier molecular flexibility index (Phi) is 7.14. The predicted molar refractivity (Wildman–Crippen MR) is 100 cm³/mol. The molecule has 0 aliphatic heterocycles. The van der Waals surface area contributed by atoms with Gasteiger partial charge in [0.15, 0.2) is 0 Å². The fourth-order valence-electron chi connectivity index (χ4n) is 2.33. The summed E-state index contributed by atoms with van der Waals surface area (Å²) in [6, 6.07) is 10.6. The van der Waals surface area contributed by atoms with Crippen LogP contribution in [-0.2, 0) is 0 Å². The van der Waals surface area contributed by atoms with Gasteiger partial charge in [-0.1, -0.05) is 0 Å². The van der Waals surface area contributed by atoms with Crippen molar-refractivity contribution in [2.45, 2.75) is 12.8 Å². The molecule has 0 spiro atoms. The van der Waals surface area contributed by atoms with Gasteiger partial charge in [0.25, 0.3) is 23.2 Å². The van der Waals surface area contributed by atoms with Gasteiger partial charge < -0.3 is 10.6 Å². The van der Waals surface area contributed by atoms with Crippen LogP contribution in [-0.4, -0.2) is 34.8 Å². The fourth-order valence-corrected chi connectivity index (χ4v) is 2.33. The van der Waals surface area contributed by atoms with Crippen LogP contribution in [0.2, 0.25) is 0 Å². The van der Waals surface area contributed by atoms with Crippen molar-refractivity contribution in [2.75, 3.05) is 13.1 Å². The Balaban J connectivity index is 1.65. The highest BCUT2D eigenvalue weighted by Crippen LogP contribution is 2.12. The molecule has 146 valence electrons. The number of nitro benzene ring substituents is 2. The molecule has 0 unspecified atom stereocenters. The van der Waals surface area contributed by atoms with Gasteiger partial charge in [-0.3, -0.25) is 29.8 Å². The van der Waals surface area contributed by atoms with Gasteiger partial charge in [0.1, 0.15) is 0 Å². The van der Waals surface area contributed by atoms with Gasteiger partial charge in [0.05, 0.1) is 9.85 Å². The predicted octanol–water partition coefficient (Wildman–Crippen LogP) is 2.44. The monoisotopic (exact) mass is 386 g/mol. The molecule has 0 aliphatic rings. The molecule has 2 N–H and O–H groups in total. The number of hydrogen-bond acceptors (Lipinski definition) is 6. The number of carbonyl (C=O) groups is 2. The lowest BCUT2D eigenvalue weighted by atomic mass is 10.2. The molecule has 2 rings (SSSR count). The summed E-state index contributed by atoms with van der Waals surface area (Å²) in [7, 11) is 0. The second-order valence-corrected chi connectivity index (χ2v) is 5.83. The summed E-state index contributed by atoms with van der Waals surface area (Å²) < 4.78 is 0. The van der Waals surface area contributed by atoms with Crippen LogP contribution in [0.5, 0.6) is 0 Å². The highest BCUT2D eigenvalue weighted by atomic mass is 16.6. The molecule has 10 nitrogen and oxygen atoms in total. The third-order valence-electron chi connectivity index (χ3n) is 3.86. The largest absolute Gasteiger partial charge is 0.352 e. The van der Waals surface area contributed by atoms with E-state index in [0.717, 1.165) is 0 Å². The van der Waals surface area contributed by atoms with E-state index >= 15 is 0 Å². The minimum Gasteiger partial charge on any atom is -0.352 e. The summed E-state index contributed by atoms with van der Waals surface area (Å²) in [5.41, 5.74) is 0.495. The zero-order valence-electron chi connectivity index (χ0n) is 14.8. The van der Waals surface area contributed by atoms with Gasteiger partial charge in [-0.05, 0) is 37.1 Å². The molecular weight excluding hydrogens is 368 g/mol. The third kappa shape index (κ3) is 5.87. The van der Waals surface area contributed by atoms with E-state index in [0.29, 0.717) is 37.1 Å². The first-order valence-corrected chi connectivity index (χ1v) is 8.44. The Morgan fingerprint density at radius 1 is 0.679 bits per heavy atom. The molecule has 0 fully saturated rings. The van der Waals surface area contributed by atoms with Crippen molar-refractivity contribution in [1.82, 2.24) is 10.6 Å². The molecule has 2 amide bonds. The maximum Gasteiger partial charge on any atom is 0.269 e. The first-order chi connectivity index (χ1) is 13.4. The van der Waals surface area contributed by atoms with E-state index in [4.69, 9.17) is 0 Å². The van der Waals surface area contributed by atoms with Crippen molar-refractivity contribution in [2.24, 2.45) is 0 Å². The van der Waals surface area contributed by atoms with Crippen molar-refractivity contribution >= 4 is 23.2 Å². The number of hydrogen-bond donors (Lipinski definition) is 2. The molecule has 2 aromatic carbocycles. The van der Waals surface area contributed by atoms with Crippen LogP contribution in [0.1, 0.15) is 33.6 Å². The molecule has 0 atom stereocenters. The first-order valence-electron chi connectivity index (χ1n) is 8.44. The van der Waals surface area contributed by atoms with Crippen molar-refractivity contribution in [1.29, 1.82) is 0 Å². The molecule has 10 heteroatoms. The van der Waals surface area contributed by atoms with Gasteiger partial charge in [-0.15, -0.1) is 0 Å². The van der Waals surface area contributed by atoms with Gasteiger partial charge in [-0.25, -0.2) is 0 Å². The van der Waals surface area contributed by atoms with E-state index in [1.54, 1.807) is 0 Å². The minimum atomic E-state index is -0.535. The Morgan fingerprint density at radius 3 is 1.29 bits per heavy atom. The second-order valence-electron chi connectivity index (χ2n) is 5.83. The Hall–Kier alpha value is -3.82. The summed E-state index contributed by atoms with van der Waals surface area (Å²) in [6.07, 6.45) is 1.25. The maximum atomic E-state index is 11.9. The SMILES string of the molecule is O=C(NCCCCNC(=O)c1ccc([N+](=O)[O-])cc1)c1ccc([N+](=O)[O-])cc1. The van der Waals surface area contributed by atoms with E-state index in [-0.39, 0.29) is 23.2 Å². The maximum absolute atomic E-state index is 11.9. The van der Waals surface area contributed by atoms with Crippen molar-refractivity contribution in [3.63, 3.8) is 0 Å². The number of nitro groups is 2. The molecule has 2 aromatic rings. The van der Waals surface area contributed by atoms with E-state index in [1.165, 1.54) is 48.5 Å². The summed E-state index contributed by atoms with van der Waals surface area (Å²) in [5, 5.41) is 26.6. The molecular formula is C18H18N4O6. The topological polar surface area (TPSA) is 144 Å². The average molecular weight is 386 g/mol. The molecule has 0 saturated heterocycles. The summed E-state index contributed by atoms with van der Waals surface area (Å²) in [6.45, 7) is 0.784. The molecule has 0 saturated carbocycles. The Bertz CT molecular complexity index is 791. The Labute approximate surface area is 159 Å². The standard InChI is InChI=1S/C18H18N4O6/c23-17(13-3-7-15(8-4-13)21(25)26)19-11-1-2-12-20-18(24)14-5-9-16(10-6-14)22(27)28/h3-10H,1-2,11-12H2,(H,19,23)(H,20,24). The summed E-state index contributed by atoms with van der Waals surface area (Å²) in [4.78, 5) is 44.0. The number of carbonyl (C=O) groups excluding carboxylic acids is 2. The van der Waals surface area contributed by atoms with E-state index in [9.17, 15) is 29.8 Å². The van der Waals surface area contributed by atoms with Crippen LogP contribution in [0.3, 0.4) is 0 Å². The van der Waals surface area contributed by atoms with Crippen LogP contribution in [0.25, 0.3) is 0 Å². The molecule has 0 bridgehead atoms. The van der Waals surface area contributed by atoms with E-state index in [1.807, 2.05) is 0 Å². The lowest BCUT2D eigenvalue weighted by Crippen LogP contribution is -2.27. The average Bonchev–Trinajstić information content (AvgIpc) is 2.70. The number of nitrogens with one attached hydrogen (secondary N) is 2. The second kappa shape index (κ2) is 9.76. The summed E-state index contributed by atoms with van der Waals surface area (Å²) >= 11 is 0. The highest BCUT2D eigenvalue weighted by molar-refractivity contribution is 5.94.